The minimum atomic E-state index is 0.000972. The maximum absolute atomic E-state index is 5.70. The molecule has 0 aromatic carbocycles. The summed E-state index contributed by atoms with van der Waals surface area (Å²) in [5.74, 6) is 6.56. The molecule has 5 nitrogen and oxygen atoms in total. The van der Waals surface area contributed by atoms with E-state index < -0.39 is 0 Å². The van der Waals surface area contributed by atoms with Crippen LogP contribution in [0.4, 0.5) is 0 Å². The van der Waals surface area contributed by atoms with Gasteiger partial charge >= 0.3 is 0 Å². The fourth-order valence-corrected chi connectivity index (χ4v) is 3.47. The fourth-order valence-electron chi connectivity index (χ4n) is 2.05. The van der Waals surface area contributed by atoms with E-state index in [-0.39, 0.29) is 6.04 Å². The van der Waals surface area contributed by atoms with Gasteiger partial charge in [0.05, 0.1) is 33.9 Å². The lowest BCUT2D eigenvalue weighted by molar-refractivity contribution is 0.402. The van der Waals surface area contributed by atoms with Crippen LogP contribution in [0.25, 0.3) is 0 Å². The molecule has 0 aliphatic rings. The first-order valence-electron chi connectivity index (χ1n) is 5.84. The number of nitrogens with one attached hydrogen (secondary N) is 1. The van der Waals surface area contributed by atoms with Crippen LogP contribution in [0.2, 0.25) is 0 Å². The molecule has 104 valence electrons. The first-order valence-corrected chi connectivity index (χ1v) is 7.51. The van der Waals surface area contributed by atoms with Gasteiger partial charge in [-0.15, -0.1) is 11.3 Å². The number of hydrogen-bond donors (Lipinski definition) is 2. The molecule has 2 heterocycles. The van der Waals surface area contributed by atoms with E-state index in [1.807, 2.05) is 30.1 Å². The molecule has 0 radical (unpaired) electrons. The van der Waals surface area contributed by atoms with Crippen molar-refractivity contribution in [3.8, 4) is 5.75 Å². The highest BCUT2D eigenvalue weighted by atomic mass is 79.9. The molecule has 1 atom stereocenters. The van der Waals surface area contributed by atoms with Crippen molar-refractivity contribution in [2.75, 3.05) is 7.11 Å². The molecule has 0 saturated carbocycles. The first kappa shape index (κ1) is 14.5. The van der Waals surface area contributed by atoms with E-state index in [1.54, 1.807) is 18.4 Å². The van der Waals surface area contributed by atoms with Gasteiger partial charge in [-0.1, -0.05) is 0 Å². The van der Waals surface area contributed by atoms with Crippen LogP contribution in [0, 0.1) is 6.92 Å². The number of hydrogen-bond acceptors (Lipinski definition) is 5. The van der Waals surface area contributed by atoms with Crippen LogP contribution in [0.15, 0.2) is 15.9 Å². The molecule has 2 aromatic heterocycles. The van der Waals surface area contributed by atoms with Crippen LogP contribution < -0.4 is 16.0 Å². The third-order valence-electron chi connectivity index (χ3n) is 3.05. The number of ether oxygens (including phenoxy) is 1. The monoisotopic (exact) mass is 344 g/mol. The quantitative estimate of drug-likeness (QED) is 0.645. The number of rotatable bonds is 5. The van der Waals surface area contributed by atoms with Gasteiger partial charge in [-0.3, -0.25) is 16.0 Å². The topological polar surface area (TPSA) is 65.1 Å². The summed E-state index contributed by atoms with van der Waals surface area (Å²) in [7, 11) is 3.61. The Hall–Kier alpha value is -0.890. The van der Waals surface area contributed by atoms with Gasteiger partial charge < -0.3 is 4.74 Å². The van der Waals surface area contributed by atoms with Crippen molar-refractivity contribution >= 4 is 27.3 Å². The highest BCUT2D eigenvalue weighted by Gasteiger charge is 2.21. The molecule has 3 N–H and O–H groups in total. The molecular formula is C12H17BrN4OS. The van der Waals surface area contributed by atoms with E-state index in [0.29, 0.717) is 0 Å². The van der Waals surface area contributed by atoms with Crippen LogP contribution >= 0.6 is 27.3 Å². The Balaban J connectivity index is 2.29. The zero-order valence-corrected chi connectivity index (χ0v) is 13.5. The summed E-state index contributed by atoms with van der Waals surface area (Å²) < 4.78 is 8.26. The molecule has 0 fully saturated rings. The Morgan fingerprint density at radius 3 is 2.89 bits per heavy atom. The summed E-state index contributed by atoms with van der Waals surface area (Å²) in [4.78, 5) is 1.09. The average Bonchev–Trinajstić information content (AvgIpc) is 2.95. The lowest BCUT2D eigenvalue weighted by atomic mass is 10.1. The van der Waals surface area contributed by atoms with Crippen molar-refractivity contribution in [3.05, 3.63) is 32.2 Å². The van der Waals surface area contributed by atoms with Gasteiger partial charge in [0.25, 0.3) is 0 Å². The second-order valence-corrected chi connectivity index (χ2v) is 5.99. The van der Waals surface area contributed by atoms with Crippen molar-refractivity contribution in [3.63, 3.8) is 0 Å². The summed E-state index contributed by atoms with van der Waals surface area (Å²) in [6.45, 7) is 1.98. The van der Waals surface area contributed by atoms with Crippen molar-refractivity contribution < 1.29 is 4.74 Å². The summed E-state index contributed by atoms with van der Waals surface area (Å²) in [6, 6.07) is 1.95. The van der Waals surface area contributed by atoms with Crippen molar-refractivity contribution in [1.82, 2.24) is 15.2 Å². The molecule has 0 aliphatic heterocycles. The van der Waals surface area contributed by atoms with Crippen LogP contribution in [0.3, 0.4) is 0 Å². The number of nitrogens with two attached hydrogens (primary N) is 1. The van der Waals surface area contributed by atoms with Gasteiger partial charge in [-0.2, -0.15) is 5.10 Å². The van der Waals surface area contributed by atoms with Gasteiger partial charge in [0, 0.05) is 13.5 Å². The molecule has 0 aliphatic carbocycles. The molecule has 1 unspecified atom stereocenters. The van der Waals surface area contributed by atoms with Gasteiger partial charge in [-0.25, -0.2) is 0 Å². The van der Waals surface area contributed by atoms with Crippen LogP contribution in [0.1, 0.15) is 22.3 Å². The summed E-state index contributed by atoms with van der Waals surface area (Å²) in [5, 5.41) is 6.40. The van der Waals surface area contributed by atoms with E-state index in [0.717, 1.165) is 32.9 Å². The zero-order chi connectivity index (χ0) is 14.0. The predicted molar refractivity (Wildman–Crippen MR) is 80.3 cm³/mol. The largest absolute Gasteiger partial charge is 0.496 e. The maximum Gasteiger partial charge on any atom is 0.134 e. The Kier molecular flexibility index (Phi) is 4.62. The number of halogens is 1. The van der Waals surface area contributed by atoms with Gasteiger partial charge in [0.1, 0.15) is 5.75 Å². The maximum atomic E-state index is 5.70. The minimum Gasteiger partial charge on any atom is -0.496 e. The van der Waals surface area contributed by atoms with Crippen LogP contribution in [-0.4, -0.2) is 16.9 Å². The zero-order valence-electron chi connectivity index (χ0n) is 11.1. The second-order valence-electron chi connectivity index (χ2n) is 4.25. The Morgan fingerprint density at radius 2 is 2.37 bits per heavy atom. The lowest BCUT2D eigenvalue weighted by Crippen LogP contribution is -2.29. The van der Waals surface area contributed by atoms with Gasteiger partial charge in [0.15, 0.2) is 0 Å². The molecule has 0 amide bonds. The normalized spacial score (nSPS) is 12.7. The molecule has 2 rings (SSSR count). The second kappa shape index (κ2) is 6.04. The number of aromatic nitrogens is 2. The molecule has 19 heavy (non-hydrogen) atoms. The van der Waals surface area contributed by atoms with Gasteiger partial charge in [-0.05, 0) is 34.3 Å². The van der Waals surface area contributed by atoms with Crippen molar-refractivity contribution in [1.29, 1.82) is 0 Å². The Labute approximate surface area is 124 Å². The molecule has 2 aromatic rings. The number of thiophene rings is 1. The van der Waals surface area contributed by atoms with E-state index in [1.165, 1.54) is 0 Å². The predicted octanol–water partition coefficient (Wildman–Crippen LogP) is 2.31. The van der Waals surface area contributed by atoms with E-state index in [9.17, 15) is 0 Å². The van der Waals surface area contributed by atoms with Crippen molar-refractivity contribution in [2.45, 2.75) is 19.4 Å². The minimum absolute atomic E-state index is 0.000972. The smallest absolute Gasteiger partial charge is 0.134 e. The SMILES string of the molecule is COc1ccsc1C(Cc1c(Br)c(C)nn1C)NN. The molecular weight excluding hydrogens is 328 g/mol. The third kappa shape index (κ3) is 2.84. The van der Waals surface area contributed by atoms with Crippen LogP contribution in [-0.2, 0) is 13.5 Å². The molecule has 0 spiro atoms. The Bertz CT molecular complexity index is 566. The third-order valence-corrected chi connectivity index (χ3v) is 5.10. The van der Waals surface area contributed by atoms with E-state index in [4.69, 9.17) is 10.6 Å². The standard InChI is InChI=1S/C12H17BrN4OS/c1-7-11(13)9(17(2)16-7)6-8(15-14)12-10(18-3)4-5-19-12/h4-5,8,15H,6,14H2,1-3H3. The highest BCUT2D eigenvalue weighted by Crippen LogP contribution is 2.34. The van der Waals surface area contributed by atoms with Crippen molar-refractivity contribution in [2.24, 2.45) is 12.9 Å². The van der Waals surface area contributed by atoms with Gasteiger partial charge in [0.2, 0.25) is 0 Å². The average molecular weight is 345 g/mol. The number of hydrazine groups is 1. The van der Waals surface area contributed by atoms with E-state index in [2.05, 4.69) is 26.5 Å². The fraction of sp³-hybridized carbons (Fsp3) is 0.417. The molecule has 0 saturated heterocycles. The molecule has 7 heteroatoms. The first-order chi connectivity index (χ1) is 9.08. The summed E-state index contributed by atoms with van der Waals surface area (Å²) in [6.07, 6.45) is 0.741. The summed E-state index contributed by atoms with van der Waals surface area (Å²) >= 11 is 5.21. The highest BCUT2D eigenvalue weighted by molar-refractivity contribution is 9.10. The van der Waals surface area contributed by atoms with E-state index >= 15 is 0 Å². The number of nitrogens with zero attached hydrogens (tertiary/aromatic N) is 2. The summed E-state index contributed by atoms with van der Waals surface area (Å²) in [5.41, 5.74) is 4.95. The van der Waals surface area contributed by atoms with Crippen LogP contribution in [0.5, 0.6) is 5.75 Å². The molecule has 0 bridgehead atoms. The number of methoxy groups -OCH3 is 1. The lowest BCUT2D eigenvalue weighted by Gasteiger charge is -2.16. The number of aryl methyl sites for hydroxylation is 2. The Morgan fingerprint density at radius 1 is 1.63 bits per heavy atom.